The molecule has 1 aliphatic rings. The van der Waals surface area contributed by atoms with Crippen LogP contribution < -0.4 is 11.1 Å². The van der Waals surface area contributed by atoms with Crippen LogP contribution in [0.2, 0.25) is 0 Å². The van der Waals surface area contributed by atoms with E-state index >= 15 is 0 Å². The molecule has 6 heteroatoms. The number of fused-ring (bicyclic) bond motifs is 1. The number of nitrogens with zero attached hydrogens (tertiary/aromatic N) is 1. The lowest BCUT2D eigenvalue weighted by molar-refractivity contribution is -0.125. The Morgan fingerprint density at radius 2 is 2.20 bits per heavy atom. The SMILES string of the molecule is CC(C(=O)NCCc1c[nH]c2ccccc12)N1CCC(C)(CN)C1.Cl. The maximum absolute atomic E-state index is 12.4. The predicted octanol–water partition coefficient (Wildman–Crippen LogP) is 2.31. The Labute approximate surface area is 155 Å². The van der Waals surface area contributed by atoms with Gasteiger partial charge < -0.3 is 16.0 Å². The number of aromatic amines is 1. The van der Waals surface area contributed by atoms with Crippen LogP contribution in [-0.4, -0.2) is 48.0 Å². The number of H-pyrrole nitrogens is 1. The van der Waals surface area contributed by atoms with E-state index < -0.39 is 0 Å². The highest BCUT2D eigenvalue weighted by molar-refractivity contribution is 5.85. The molecule has 5 nitrogen and oxygen atoms in total. The van der Waals surface area contributed by atoms with Crippen LogP contribution in [0.1, 0.15) is 25.8 Å². The number of halogens is 1. The maximum atomic E-state index is 12.4. The quantitative estimate of drug-likeness (QED) is 0.736. The van der Waals surface area contributed by atoms with Gasteiger partial charge in [-0.3, -0.25) is 9.69 Å². The molecule has 2 unspecified atom stereocenters. The molecule has 1 saturated heterocycles. The smallest absolute Gasteiger partial charge is 0.237 e. The van der Waals surface area contributed by atoms with Crippen molar-refractivity contribution in [1.82, 2.24) is 15.2 Å². The van der Waals surface area contributed by atoms with Crippen LogP contribution in [0.3, 0.4) is 0 Å². The van der Waals surface area contributed by atoms with Crippen molar-refractivity contribution in [3.05, 3.63) is 36.0 Å². The number of hydrogen-bond donors (Lipinski definition) is 3. The zero-order chi connectivity index (χ0) is 17.2. The summed E-state index contributed by atoms with van der Waals surface area (Å²) in [5.41, 5.74) is 8.40. The third-order valence-corrected chi connectivity index (χ3v) is 5.38. The molecule has 0 bridgehead atoms. The van der Waals surface area contributed by atoms with E-state index in [0.717, 1.165) is 31.4 Å². The molecule has 0 spiro atoms. The number of nitrogens with one attached hydrogen (secondary N) is 2. The number of rotatable bonds is 6. The molecule has 4 N–H and O–H groups in total. The molecular formula is C19H29ClN4O. The van der Waals surface area contributed by atoms with Crippen LogP contribution in [0.15, 0.2) is 30.5 Å². The summed E-state index contributed by atoms with van der Waals surface area (Å²) in [5, 5.41) is 4.32. The Morgan fingerprint density at radius 1 is 1.44 bits per heavy atom. The van der Waals surface area contributed by atoms with Crippen molar-refractivity contribution in [2.75, 3.05) is 26.2 Å². The first-order valence-corrected chi connectivity index (χ1v) is 8.79. The molecule has 0 radical (unpaired) electrons. The van der Waals surface area contributed by atoms with Gasteiger partial charge >= 0.3 is 0 Å². The summed E-state index contributed by atoms with van der Waals surface area (Å²) in [6.07, 6.45) is 3.94. The van der Waals surface area contributed by atoms with Gasteiger partial charge in [-0.2, -0.15) is 0 Å². The maximum Gasteiger partial charge on any atom is 0.237 e. The number of likely N-dealkylation sites (tertiary alicyclic amines) is 1. The number of nitrogens with two attached hydrogens (primary N) is 1. The fourth-order valence-corrected chi connectivity index (χ4v) is 3.53. The molecule has 3 rings (SSSR count). The molecule has 2 atom stereocenters. The molecule has 1 amide bonds. The van der Waals surface area contributed by atoms with E-state index in [9.17, 15) is 4.79 Å². The van der Waals surface area contributed by atoms with E-state index in [0.29, 0.717) is 13.1 Å². The Hall–Kier alpha value is -1.56. The van der Waals surface area contributed by atoms with E-state index in [1.54, 1.807) is 0 Å². The molecule has 138 valence electrons. The monoisotopic (exact) mass is 364 g/mol. The van der Waals surface area contributed by atoms with Gasteiger partial charge in [-0.15, -0.1) is 12.4 Å². The second-order valence-electron chi connectivity index (χ2n) is 7.31. The zero-order valence-corrected chi connectivity index (χ0v) is 15.9. The van der Waals surface area contributed by atoms with Crippen LogP contribution in [0.4, 0.5) is 0 Å². The Morgan fingerprint density at radius 3 is 2.92 bits per heavy atom. The minimum Gasteiger partial charge on any atom is -0.361 e. The third-order valence-electron chi connectivity index (χ3n) is 5.38. The first-order valence-electron chi connectivity index (χ1n) is 8.79. The zero-order valence-electron chi connectivity index (χ0n) is 15.0. The van der Waals surface area contributed by atoms with Gasteiger partial charge in [0.05, 0.1) is 6.04 Å². The molecule has 0 aliphatic carbocycles. The second kappa shape index (κ2) is 8.21. The number of carbonyl (C=O) groups excluding carboxylic acids is 1. The summed E-state index contributed by atoms with van der Waals surface area (Å²) in [4.78, 5) is 18.0. The number of aromatic nitrogens is 1. The van der Waals surface area contributed by atoms with Gasteiger partial charge in [0.1, 0.15) is 0 Å². The standard InChI is InChI=1S/C19H28N4O.ClH/c1-14(23-10-8-19(2,12-20)13-23)18(24)21-9-7-15-11-22-17-6-4-3-5-16(15)17;/h3-6,11,14,22H,7-10,12-13,20H2,1-2H3,(H,21,24);1H. The molecule has 1 fully saturated rings. The largest absolute Gasteiger partial charge is 0.361 e. The van der Waals surface area contributed by atoms with Gasteiger partial charge in [-0.25, -0.2) is 0 Å². The van der Waals surface area contributed by atoms with Gasteiger partial charge in [0.15, 0.2) is 0 Å². The average Bonchev–Trinajstić information content (AvgIpc) is 3.19. The summed E-state index contributed by atoms with van der Waals surface area (Å²) in [5.74, 6) is 0.108. The number of carbonyl (C=O) groups is 1. The predicted molar refractivity (Wildman–Crippen MR) is 105 cm³/mol. The van der Waals surface area contributed by atoms with Crippen molar-refractivity contribution in [3.63, 3.8) is 0 Å². The lowest BCUT2D eigenvalue weighted by Crippen LogP contribution is -2.45. The topological polar surface area (TPSA) is 74.2 Å². The van der Waals surface area contributed by atoms with E-state index in [4.69, 9.17) is 5.73 Å². The number of amides is 1. The summed E-state index contributed by atoms with van der Waals surface area (Å²) < 4.78 is 0. The highest BCUT2D eigenvalue weighted by Gasteiger charge is 2.36. The molecule has 0 saturated carbocycles. The fourth-order valence-electron chi connectivity index (χ4n) is 3.53. The van der Waals surface area contributed by atoms with Gasteiger partial charge in [0.2, 0.25) is 5.91 Å². The highest BCUT2D eigenvalue weighted by Crippen LogP contribution is 2.29. The van der Waals surface area contributed by atoms with Crippen LogP contribution in [0.5, 0.6) is 0 Å². The van der Waals surface area contributed by atoms with Crippen LogP contribution >= 0.6 is 12.4 Å². The lowest BCUT2D eigenvalue weighted by Gasteiger charge is -2.26. The van der Waals surface area contributed by atoms with Crippen molar-refractivity contribution < 1.29 is 4.79 Å². The third kappa shape index (κ3) is 4.35. The van der Waals surface area contributed by atoms with Crippen molar-refractivity contribution in [2.45, 2.75) is 32.7 Å². The lowest BCUT2D eigenvalue weighted by atomic mass is 9.90. The van der Waals surface area contributed by atoms with Gasteiger partial charge in [0, 0.05) is 30.2 Å². The van der Waals surface area contributed by atoms with Gasteiger partial charge in [-0.05, 0) is 49.9 Å². The highest BCUT2D eigenvalue weighted by atomic mass is 35.5. The van der Waals surface area contributed by atoms with Crippen LogP contribution in [0, 0.1) is 5.41 Å². The Bertz CT molecular complexity index is 716. The first kappa shape index (κ1) is 19.8. The molecule has 2 heterocycles. The fraction of sp³-hybridized carbons (Fsp3) is 0.526. The first-order chi connectivity index (χ1) is 11.5. The summed E-state index contributed by atoms with van der Waals surface area (Å²) in [6.45, 7) is 7.38. The molecule has 2 aromatic rings. The van der Waals surface area contributed by atoms with E-state index in [-0.39, 0.29) is 29.8 Å². The van der Waals surface area contributed by atoms with Crippen molar-refractivity contribution in [1.29, 1.82) is 0 Å². The van der Waals surface area contributed by atoms with Crippen LogP contribution in [0.25, 0.3) is 10.9 Å². The molecule has 1 aromatic carbocycles. The average molecular weight is 365 g/mol. The normalized spacial score (nSPS) is 21.9. The summed E-state index contributed by atoms with van der Waals surface area (Å²) in [6, 6.07) is 8.16. The minimum absolute atomic E-state index is 0. The van der Waals surface area contributed by atoms with E-state index in [1.165, 1.54) is 10.9 Å². The van der Waals surface area contributed by atoms with Crippen molar-refractivity contribution in [3.8, 4) is 0 Å². The summed E-state index contributed by atoms with van der Waals surface area (Å²) in [7, 11) is 0. The van der Waals surface area contributed by atoms with Crippen molar-refractivity contribution in [2.24, 2.45) is 11.1 Å². The molecule has 1 aromatic heterocycles. The molecule has 1 aliphatic heterocycles. The molecule has 25 heavy (non-hydrogen) atoms. The second-order valence-corrected chi connectivity index (χ2v) is 7.31. The Balaban J connectivity index is 0.00000225. The van der Waals surface area contributed by atoms with Gasteiger partial charge in [-0.1, -0.05) is 25.1 Å². The van der Waals surface area contributed by atoms with Crippen LogP contribution in [-0.2, 0) is 11.2 Å². The van der Waals surface area contributed by atoms with E-state index in [2.05, 4.69) is 34.3 Å². The van der Waals surface area contributed by atoms with E-state index in [1.807, 2.05) is 25.3 Å². The summed E-state index contributed by atoms with van der Waals surface area (Å²) >= 11 is 0. The Kier molecular flexibility index (Phi) is 6.49. The number of hydrogen-bond acceptors (Lipinski definition) is 3. The molecular weight excluding hydrogens is 336 g/mol. The minimum atomic E-state index is -0.0960. The number of para-hydroxylation sites is 1. The van der Waals surface area contributed by atoms with Gasteiger partial charge in [0.25, 0.3) is 0 Å². The number of benzene rings is 1. The van der Waals surface area contributed by atoms with Crippen molar-refractivity contribution >= 4 is 29.2 Å².